The highest BCUT2D eigenvalue weighted by Crippen LogP contribution is 2.43. The number of fused-ring (bicyclic) bond motifs is 3. The molecule has 2 heterocycles. The highest BCUT2D eigenvalue weighted by atomic mass is 32.2. The largest absolute Gasteiger partial charge is 0.370 e. The average molecular weight is 233 g/mol. The molecule has 0 fully saturated rings. The zero-order valence-corrected chi connectivity index (χ0v) is 9.62. The molecule has 3 rings (SSSR count). The molecule has 1 aliphatic rings. The third-order valence-corrected chi connectivity index (χ3v) is 4.32. The molecule has 4 heteroatoms. The van der Waals surface area contributed by atoms with E-state index in [-0.39, 0.29) is 0 Å². The van der Waals surface area contributed by atoms with Crippen LogP contribution in [0.1, 0.15) is 17.3 Å². The number of rotatable bonds is 1. The molecule has 1 atom stereocenters. The van der Waals surface area contributed by atoms with Crippen molar-refractivity contribution in [3.63, 3.8) is 0 Å². The lowest BCUT2D eigenvalue weighted by molar-refractivity contribution is 0.0105. The van der Waals surface area contributed by atoms with Crippen LogP contribution < -0.4 is 0 Å². The van der Waals surface area contributed by atoms with Crippen molar-refractivity contribution in [3.8, 4) is 0 Å². The van der Waals surface area contributed by atoms with Gasteiger partial charge < -0.3 is 9.67 Å². The number of hydrogen-bond acceptors (Lipinski definition) is 3. The molecule has 0 radical (unpaired) electrons. The first-order valence-corrected chi connectivity index (χ1v) is 6.08. The molecule has 1 aromatic carbocycles. The summed E-state index contributed by atoms with van der Waals surface area (Å²) in [6.07, 6.45) is 0.878. The second-order valence-corrected chi connectivity index (χ2v) is 5.16. The van der Waals surface area contributed by atoms with Gasteiger partial charge in [0.15, 0.2) is 6.29 Å². The van der Waals surface area contributed by atoms with Gasteiger partial charge in [0.25, 0.3) is 0 Å². The Bertz CT molecular complexity index is 586. The van der Waals surface area contributed by atoms with Crippen LogP contribution >= 0.6 is 11.8 Å². The zero-order chi connectivity index (χ0) is 11.3. The molecule has 1 aliphatic heterocycles. The summed E-state index contributed by atoms with van der Waals surface area (Å²) in [7, 11) is 0. The number of aromatic nitrogens is 1. The first-order valence-electron chi connectivity index (χ1n) is 5.09. The Balaban J connectivity index is 2.48. The van der Waals surface area contributed by atoms with Crippen LogP contribution in [0.25, 0.3) is 10.9 Å². The fourth-order valence-corrected chi connectivity index (χ4v) is 3.52. The Morgan fingerprint density at radius 1 is 1.50 bits per heavy atom. The van der Waals surface area contributed by atoms with E-state index in [1.165, 1.54) is 11.8 Å². The summed E-state index contributed by atoms with van der Waals surface area (Å²) in [4.78, 5) is 11.1. The first-order chi connectivity index (χ1) is 7.65. The Morgan fingerprint density at radius 2 is 2.25 bits per heavy atom. The van der Waals surface area contributed by atoms with Crippen molar-refractivity contribution in [2.45, 2.75) is 17.7 Å². The first kappa shape index (κ1) is 9.93. The van der Waals surface area contributed by atoms with Gasteiger partial charge in [-0.3, -0.25) is 4.79 Å². The Morgan fingerprint density at radius 3 is 3.00 bits per heavy atom. The van der Waals surface area contributed by atoms with Gasteiger partial charge >= 0.3 is 0 Å². The van der Waals surface area contributed by atoms with Crippen LogP contribution in [0, 0.1) is 0 Å². The molecule has 3 nitrogen and oxygen atoms in total. The predicted octanol–water partition coefficient (Wildman–Crippen LogP) is 2.22. The number of carbonyl (C=O) groups is 1. The second kappa shape index (κ2) is 3.12. The van der Waals surface area contributed by atoms with Crippen molar-refractivity contribution in [3.05, 3.63) is 29.8 Å². The Kier molecular flexibility index (Phi) is 1.94. The van der Waals surface area contributed by atoms with Gasteiger partial charge in [0.1, 0.15) is 5.72 Å². The quantitative estimate of drug-likeness (QED) is 0.768. The van der Waals surface area contributed by atoms with Crippen LogP contribution in [0.2, 0.25) is 0 Å². The summed E-state index contributed by atoms with van der Waals surface area (Å²) in [5.41, 5.74) is 0.717. The van der Waals surface area contributed by atoms with E-state index < -0.39 is 5.72 Å². The minimum Gasteiger partial charge on any atom is -0.370 e. The number of aldehydes is 1. The molecule has 0 amide bonds. The smallest absolute Gasteiger partial charge is 0.153 e. The van der Waals surface area contributed by atoms with Gasteiger partial charge in [0.2, 0.25) is 0 Å². The van der Waals surface area contributed by atoms with Gasteiger partial charge in [-0.1, -0.05) is 18.2 Å². The molecule has 0 saturated carbocycles. The molecule has 1 N–H and O–H groups in total. The molecule has 2 aromatic rings. The van der Waals surface area contributed by atoms with Crippen molar-refractivity contribution in [1.82, 2.24) is 4.57 Å². The van der Waals surface area contributed by atoms with Crippen LogP contribution in [-0.4, -0.2) is 21.7 Å². The SMILES string of the molecule is C[C@@]1(O)CSc2c(C=O)c3ccccc3n21. The molecule has 0 aliphatic carbocycles. The standard InChI is InChI=1S/C12H11NO2S/c1-12(15)7-16-11-9(6-14)8-4-2-3-5-10(8)13(11)12/h2-6,15H,7H2,1H3/t12-/m1/s1. The van der Waals surface area contributed by atoms with E-state index >= 15 is 0 Å². The van der Waals surface area contributed by atoms with Crippen LogP contribution in [0.4, 0.5) is 0 Å². The molecule has 0 unspecified atom stereocenters. The molecule has 0 spiro atoms. The third kappa shape index (κ3) is 1.11. The minimum atomic E-state index is -0.902. The topological polar surface area (TPSA) is 42.2 Å². The average Bonchev–Trinajstić information content (AvgIpc) is 2.74. The fraction of sp³-hybridized carbons (Fsp3) is 0.250. The van der Waals surface area contributed by atoms with Crippen molar-refractivity contribution in [1.29, 1.82) is 0 Å². The van der Waals surface area contributed by atoms with E-state index in [1.54, 1.807) is 6.92 Å². The van der Waals surface area contributed by atoms with Crippen LogP contribution in [0.15, 0.2) is 29.3 Å². The molecule has 16 heavy (non-hydrogen) atoms. The maximum absolute atomic E-state index is 11.1. The van der Waals surface area contributed by atoms with Crippen molar-refractivity contribution >= 4 is 29.0 Å². The number of aliphatic hydroxyl groups is 1. The van der Waals surface area contributed by atoms with Crippen LogP contribution in [0.3, 0.4) is 0 Å². The zero-order valence-electron chi connectivity index (χ0n) is 8.80. The van der Waals surface area contributed by atoms with Gasteiger partial charge in [0, 0.05) is 11.1 Å². The lowest BCUT2D eigenvalue weighted by atomic mass is 10.2. The Labute approximate surface area is 97.1 Å². The van der Waals surface area contributed by atoms with E-state index in [0.29, 0.717) is 11.3 Å². The molecule has 82 valence electrons. The number of nitrogens with zero attached hydrogens (tertiary/aromatic N) is 1. The summed E-state index contributed by atoms with van der Waals surface area (Å²) >= 11 is 1.53. The highest BCUT2D eigenvalue weighted by molar-refractivity contribution is 7.99. The monoisotopic (exact) mass is 233 g/mol. The van der Waals surface area contributed by atoms with E-state index in [4.69, 9.17) is 0 Å². The van der Waals surface area contributed by atoms with Gasteiger partial charge in [-0.15, -0.1) is 11.8 Å². The number of hydrogen-bond donors (Lipinski definition) is 1. The van der Waals surface area contributed by atoms with Gasteiger partial charge in [-0.25, -0.2) is 0 Å². The summed E-state index contributed by atoms with van der Waals surface area (Å²) < 4.78 is 1.86. The van der Waals surface area contributed by atoms with Gasteiger partial charge in [-0.2, -0.15) is 0 Å². The van der Waals surface area contributed by atoms with Crippen molar-refractivity contribution in [2.75, 3.05) is 5.75 Å². The lowest BCUT2D eigenvalue weighted by Crippen LogP contribution is -2.27. The van der Waals surface area contributed by atoms with E-state index in [0.717, 1.165) is 22.2 Å². The molecule has 0 bridgehead atoms. The maximum atomic E-state index is 11.1. The molecular formula is C12H11NO2S. The molecule has 1 aromatic heterocycles. The molecular weight excluding hydrogens is 222 g/mol. The lowest BCUT2D eigenvalue weighted by Gasteiger charge is -2.19. The van der Waals surface area contributed by atoms with E-state index in [9.17, 15) is 9.90 Å². The summed E-state index contributed by atoms with van der Waals surface area (Å²) in [6, 6.07) is 7.68. The predicted molar refractivity (Wildman–Crippen MR) is 63.9 cm³/mol. The van der Waals surface area contributed by atoms with Crippen molar-refractivity contribution < 1.29 is 9.90 Å². The summed E-state index contributed by atoms with van der Waals surface area (Å²) in [5.74, 6) is 0.591. The molecule has 0 saturated heterocycles. The van der Waals surface area contributed by atoms with Crippen LogP contribution in [-0.2, 0) is 5.72 Å². The maximum Gasteiger partial charge on any atom is 0.153 e. The van der Waals surface area contributed by atoms with Crippen LogP contribution in [0.5, 0.6) is 0 Å². The highest BCUT2D eigenvalue weighted by Gasteiger charge is 2.36. The third-order valence-electron chi connectivity index (χ3n) is 2.95. The summed E-state index contributed by atoms with van der Waals surface area (Å²) in [6.45, 7) is 1.78. The van der Waals surface area contributed by atoms with E-state index in [2.05, 4.69) is 0 Å². The normalized spacial score (nSPS) is 23.6. The fourth-order valence-electron chi connectivity index (χ4n) is 2.25. The number of benzene rings is 1. The number of carbonyl (C=O) groups excluding carboxylic acids is 1. The van der Waals surface area contributed by atoms with Gasteiger partial charge in [0.05, 0.1) is 16.1 Å². The second-order valence-electron chi connectivity index (χ2n) is 4.19. The summed E-state index contributed by atoms with van der Waals surface area (Å²) in [5, 5.41) is 12.1. The minimum absolute atomic E-state index is 0.591. The number of para-hydroxylation sites is 1. The Hall–Kier alpha value is -1.26. The van der Waals surface area contributed by atoms with E-state index in [1.807, 2.05) is 28.8 Å². The van der Waals surface area contributed by atoms with Crippen molar-refractivity contribution in [2.24, 2.45) is 0 Å². The number of thioether (sulfide) groups is 1. The van der Waals surface area contributed by atoms with Gasteiger partial charge in [-0.05, 0) is 13.0 Å².